The lowest BCUT2D eigenvalue weighted by atomic mass is 9.81. The molecule has 2 atom stereocenters. The molecule has 4 aromatic carbocycles. The molecule has 0 saturated heterocycles. The second kappa shape index (κ2) is 9.91. The van der Waals surface area contributed by atoms with Crippen LogP contribution in [0.5, 0.6) is 0 Å². The molecule has 220 valence electrons. The summed E-state index contributed by atoms with van der Waals surface area (Å²) in [6.45, 7) is 0. The molecule has 15 heteroatoms. The van der Waals surface area contributed by atoms with Gasteiger partial charge < -0.3 is 4.74 Å². The maximum atomic E-state index is 15.4. The third kappa shape index (κ3) is 3.78. The zero-order valence-corrected chi connectivity index (χ0v) is 20.1. The maximum Gasteiger partial charge on any atom is 0.199 e. The van der Waals surface area contributed by atoms with E-state index in [4.69, 9.17) is 0 Å². The van der Waals surface area contributed by atoms with Gasteiger partial charge in [0.1, 0.15) is 0 Å². The zero-order valence-electron chi connectivity index (χ0n) is 20.1. The largest absolute Gasteiger partial charge is 0.495 e. The lowest BCUT2D eigenvalue weighted by Gasteiger charge is -2.27. The number of ether oxygens (including phenoxy) is 1. The van der Waals surface area contributed by atoms with Crippen molar-refractivity contribution in [1.29, 1.82) is 0 Å². The number of alkyl halides is 2. The fourth-order valence-electron chi connectivity index (χ4n) is 4.86. The molecule has 0 amide bonds. The molecule has 2 unspecified atom stereocenters. The molecule has 4 aromatic rings. The Morgan fingerprint density at radius 3 is 1.33 bits per heavy atom. The Morgan fingerprint density at radius 1 is 0.500 bits per heavy atom. The van der Waals surface area contributed by atoms with Gasteiger partial charge in [-0.3, -0.25) is 0 Å². The highest BCUT2D eigenvalue weighted by molar-refractivity contribution is 6.20. The van der Waals surface area contributed by atoms with E-state index in [0.717, 1.165) is 0 Å². The van der Waals surface area contributed by atoms with Crippen molar-refractivity contribution in [1.82, 2.24) is 0 Å². The van der Waals surface area contributed by atoms with Crippen molar-refractivity contribution < 1.29 is 66.2 Å². The van der Waals surface area contributed by atoms with Gasteiger partial charge in [0.25, 0.3) is 0 Å². The van der Waals surface area contributed by atoms with Gasteiger partial charge in [-0.25, -0.2) is 57.1 Å². The number of halogens is 14. The first kappa shape index (κ1) is 29.2. The van der Waals surface area contributed by atoms with E-state index in [-0.39, 0.29) is 12.1 Å². The maximum absolute atomic E-state index is 15.4. The van der Waals surface area contributed by atoms with Crippen LogP contribution in [0, 0.1) is 58.2 Å². The van der Waals surface area contributed by atoms with E-state index >= 15 is 26.3 Å². The van der Waals surface area contributed by atoms with Crippen LogP contribution >= 0.6 is 0 Å². The summed E-state index contributed by atoms with van der Waals surface area (Å²) >= 11 is 0. The van der Waals surface area contributed by atoms with E-state index in [2.05, 4.69) is 4.74 Å². The number of benzene rings is 4. The lowest BCUT2D eigenvalue weighted by Crippen LogP contribution is -2.28. The van der Waals surface area contributed by atoms with Crippen molar-refractivity contribution in [3.8, 4) is 11.1 Å². The molecular weight excluding hydrogens is 606 g/mol. The normalized spacial score (nSPS) is 17.7. The number of allylic oxidation sites excluding steroid dienone is 4. The minimum absolute atomic E-state index is 0.101. The van der Waals surface area contributed by atoms with Crippen molar-refractivity contribution >= 4 is 27.1 Å². The SMILES string of the molecule is COC1=C(F)C(F)=C(c2c3c(F)c(F)c(F)c(F)c3c(-c3ccc(F)c(F)c3)c3c(F)c(F)c(F)c(F)c23)C(F)C1F. The van der Waals surface area contributed by atoms with Gasteiger partial charge in [-0.05, 0) is 17.7 Å². The van der Waals surface area contributed by atoms with Gasteiger partial charge in [-0.2, -0.15) is 4.39 Å². The predicted molar refractivity (Wildman–Crippen MR) is 119 cm³/mol. The highest BCUT2D eigenvalue weighted by Crippen LogP contribution is 2.51. The number of methoxy groups -OCH3 is 1. The lowest BCUT2D eigenvalue weighted by molar-refractivity contribution is 0.139. The molecule has 0 heterocycles. The second-order valence-electron chi connectivity index (χ2n) is 8.80. The van der Waals surface area contributed by atoms with Crippen LogP contribution in [0.1, 0.15) is 5.56 Å². The molecular formula is C27H8F14O. The average molecular weight is 614 g/mol. The van der Waals surface area contributed by atoms with Gasteiger partial charge in [0.05, 0.1) is 7.11 Å². The minimum Gasteiger partial charge on any atom is -0.495 e. The Kier molecular flexibility index (Phi) is 6.89. The summed E-state index contributed by atoms with van der Waals surface area (Å²) < 4.78 is 212. The molecule has 0 aromatic heterocycles. The molecule has 0 aliphatic heterocycles. The van der Waals surface area contributed by atoms with E-state index in [1.165, 1.54) is 0 Å². The topological polar surface area (TPSA) is 9.23 Å². The average Bonchev–Trinajstić information content (AvgIpc) is 2.96. The third-order valence-corrected chi connectivity index (χ3v) is 6.66. The molecule has 0 radical (unpaired) electrons. The van der Waals surface area contributed by atoms with Crippen LogP contribution < -0.4 is 0 Å². The Hall–Kier alpha value is -4.30. The van der Waals surface area contributed by atoms with Crippen LogP contribution in [0.2, 0.25) is 0 Å². The molecule has 0 saturated carbocycles. The van der Waals surface area contributed by atoms with Gasteiger partial charge >= 0.3 is 0 Å². The Bertz CT molecular complexity index is 1850. The van der Waals surface area contributed by atoms with Gasteiger partial charge in [-0.1, -0.05) is 6.07 Å². The van der Waals surface area contributed by atoms with Gasteiger partial charge in [0.15, 0.2) is 87.9 Å². The first-order chi connectivity index (χ1) is 19.7. The molecule has 0 bridgehead atoms. The summed E-state index contributed by atoms with van der Waals surface area (Å²) in [7, 11) is 0.564. The van der Waals surface area contributed by atoms with Crippen molar-refractivity contribution in [2.75, 3.05) is 7.11 Å². The number of rotatable bonds is 3. The number of hydrogen-bond acceptors (Lipinski definition) is 1. The Balaban J connectivity index is 2.23. The van der Waals surface area contributed by atoms with Crippen LogP contribution in [-0.2, 0) is 4.74 Å². The first-order valence-corrected chi connectivity index (χ1v) is 11.2. The Morgan fingerprint density at radius 2 is 0.929 bits per heavy atom. The van der Waals surface area contributed by atoms with E-state index < -0.39 is 132 Å². The highest BCUT2D eigenvalue weighted by Gasteiger charge is 2.44. The summed E-state index contributed by atoms with van der Waals surface area (Å²) in [5.41, 5.74) is -6.61. The van der Waals surface area contributed by atoms with Crippen molar-refractivity contribution in [2.45, 2.75) is 12.3 Å². The molecule has 1 aliphatic rings. The standard InChI is InChI=1S/C27H8F14O/c1-42-27-25(40)19(34)14(20(35)26(27)41)9-12-10(15(30)21(36)23(38)17(12)32)8(5-2-3-6(28)7(29)4-5)11-13(9)18(33)24(39)22(37)16(11)31/h2-4,19,25H,1H3. The monoisotopic (exact) mass is 614 g/mol. The van der Waals surface area contributed by atoms with Crippen LogP contribution in [0.3, 0.4) is 0 Å². The van der Waals surface area contributed by atoms with Gasteiger partial charge in [0, 0.05) is 38.2 Å². The van der Waals surface area contributed by atoms with Crippen molar-refractivity contribution in [2.24, 2.45) is 0 Å². The van der Waals surface area contributed by atoms with Crippen molar-refractivity contribution in [3.05, 3.63) is 99.3 Å². The van der Waals surface area contributed by atoms with Crippen LogP contribution in [-0.4, -0.2) is 19.5 Å². The fourth-order valence-corrected chi connectivity index (χ4v) is 4.86. The predicted octanol–water partition coefficient (Wildman–Crippen LogP) is 9.25. The molecule has 0 fully saturated rings. The summed E-state index contributed by atoms with van der Waals surface area (Å²) in [6.07, 6.45) is -6.91. The van der Waals surface area contributed by atoms with E-state index in [1.807, 2.05) is 0 Å². The van der Waals surface area contributed by atoms with E-state index in [1.54, 1.807) is 0 Å². The Labute approximate surface area is 223 Å². The molecule has 0 spiro atoms. The number of fused-ring (bicyclic) bond motifs is 2. The quantitative estimate of drug-likeness (QED) is 0.0968. The van der Waals surface area contributed by atoms with E-state index in [0.29, 0.717) is 13.2 Å². The molecule has 1 nitrogen and oxygen atoms in total. The first-order valence-electron chi connectivity index (χ1n) is 11.2. The third-order valence-electron chi connectivity index (χ3n) is 6.66. The zero-order chi connectivity index (χ0) is 31.1. The minimum atomic E-state index is -3.58. The summed E-state index contributed by atoms with van der Waals surface area (Å²) in [5.74, 6) is -31.2. The number of hydrogen-bond donors (Lipinski definition) is 0. The summed E-state index contributed by atoms with van der Waals surface area (Å²) in [4.78, 5) is 0. The fraction of sp³-hybridized carbons (Fsp3) is 0.111. The highest BCUT2D eigenvalue weighted by atomic mass is 19.2. The van der Waals surface area contributed by atoms with Gasteiger partial charge in [-0.15, -0.1) is 0 Å². The molecule has 0 N–H and O–H groups in total. The van der Waals surface area contributed by atoms with Crippen molar-refractivity contribution in [3.63, 3.8) is 0 Å². The van der Waals surface area contributed by atoms with Crippen LogP contribution in [0.15, 0.2) is 35.6 Å². The second-order valence-corrected chi connectivity index (χ2v) is 8.80. The summed E-state index contributed by atoms with van der Waals surface area (Å²) in [5, 5.41) is -7.49. The molecule has 1 aliphatic carbocycles. The smallest absolute Gasteiger partial charge is 0.199 e. The van der Waals surface area contributed by atoms with Gasteiger partial charge in [0.2, 0.25) is 0 Å². The van der Waals surface area contributed by atoms with Crippen LogP contribution in [0.4, 0.5) is 61.5 Å². The van der Waals surface area contributed by atoms with Crippen LogP contribution in [0.25, 0.3) is 38.2 Å². The summed E-state index contributed by atoms with van der Waals surface area (Å²) in [6, 6.07) is 0.843. The molecule has 5 rings (SSSR count). The molecule has 42 heavy (non-hydrogen) atoms. The van der Waals surface area contributed by atoms with E-state index in [9.17, 15) is 35.1 Å².